The Bertz CT molecular complexity index is 356. The van der Waals surface area contributed by atoms with Gasteiger partial charge in [0.05, 0.1) is 0 Å². The molecule has 92 valence electrons. The lowest BCUT2D eigenvalue weighted by Gasteiger charge is -2.29. The molecule has 1 heteroatoms. The average molecular weight is 230 g/mol. The second kappa shape index (κ2) is 5.39. The van der Waals surface area contributed by atoms with Crippen LogP contribution in [0.1, 0.15) is 51.0 Å². The Labute approximate surface area is 104 Å². The summed E-state index contributed by atoms with van der Waals surface area (Å²) in [7, 11) is 0. The van der Waals surface area contributed by atoms with Gasteiger partial charge in [0.1, 0.15) is 11.4 Å². The molecule has 0 amide bonds. The van der Waals surface area contributed by atoms with E-state index in [-0.39, 0.29) is 5.60 Å². The number of ether oxygens (including phenoxy) is 1. The molecule has 0 heterocycles. The molecule has 1 aromatic rings. The van der Waals surface area contributed by atoms with Gasteiger partial charge in [-0.3, -0.25) is 0 Å². The Morgan fingerprint density at radius 2 is 1.65 bits per heavy atom. The van der Waals surface area contributed by atoms with E-state index in [1.54, 1.807) is 0 Å². The van der Waals surface area contributed by atoms with E-state index < -0.39 is 0 Å². The molecule has 0 atom stereocenters. The SMILES string of the molecule is C=Cc1ccc(OC2(C)CCCCCC2)cc1. The summed E-state index contributed by atoms with van der Waals surface area (Å²) in [4.78, 5) is 0. The normalized spacial score (nSPS) is 19.4. The fourth-order valence-corrected chi connectivity index (χ4v) is 2.53. The second-order valence-electron chi connectivity index (χ2n) is 5.24. The van der Waals surface area contributed by atoms with Crippen LogP contribution in [-0.4, -0.2) is 5.60 Å². The van der Waals surface area contributed by atoms with Gasteiger partial charge < -0.3 is 4.74 Å². The smallest absolute Gasteiger partial charge is 0.120 e. The molecular formula is C16H22O. The summed E-state index contributed by atoms with van der Waals surface area (Å²) >= 11 is 0. The highest BCUT2D eigenvalue weighted by atomic mass is 16.5. The fourth-order valence-electron chi connectivity index (χ4n) is 2.53. The van der Waals surface area contributed by atoms with E-state index in [2.05, 4.69) is 25.6 Å². The zero-order valence-corrected chi connectivity index (χ0v) is 10.7. The molecule has 1 saturated carbocycles. The standard InChI is InChI=1S/C16H22O/c1-3-14-8-10-15(11-9-14)17-16(2)12-6-4-5-7-13-16/h3,8-11H,1,4-7,12-13H2,2H3. The van der Waals surface area contributed by atoms with Gasteiger partial charge in [-0.15, -0.1) is 0 Å². The zero-order valence-electron chi connectivity index (χ0n) is 10.7. The number of hydrogen-bond acceptors (Lipinski definition) is 1. The lowest BCUT2D eigenvalue weighted by atomic mass is 9.97. The Morgan fingerprint density at radius 1 is 1.06 bits per heavy atom. The highest BCUT2D eigenvalue weighted by molar-refractivity contribution is 5.48. The van der Waals surface area contributed by atoms with Crippen molar-refractivity contribution < 1.29 is 4.74 Å². The van der Waals surface area contributed by atoms with Crippen molar-refractivity contribution in [2.45, 2.75) is 51.0 Å². The van der Waals surface area contributed by atoms with Crippen molar-refractivity contribution >= 4 is 6.08 Å². The van der Waals surface area contributed by atoms with Crippen LogP contribution in [0.2, 0.25) is 0 Å². The molecule has 0 N–H and O–H groups in total. The van der Waals surface area contributed by atoms with Crippen molar-refractivity contribution in [1.82, 2.24) is 0 Å². The Kier molecular flexibility index (Phi) is 3.88. The summed E-state index contributed by atoms with van der Waals surface area (Å²) in [6.45, 7) is 6.01. The largest absolute Gasteiger partial charge is 0.488 e. The Morgan fingerprint density at radius 3 is 2.18 bits per heavy atom. The minimum atomic E-state index is 0.0339. The maximum absolute atomic E-state index is 6.19. The van der Waals surface area contributed by atoms with Crippen LogP contribution < -0.4 is 4.74 Å². The Hall–Kier alpha value is -1.24. The molecule has 0 aromatic heterocycles. The van der Waals surface area contributed by atoms with Crippen LogP contribution >= 0.6 is 0 Å². The third-order valence-corrected chi connectivity index (χ3v) is 3.64. The molecule has 0 bridgehead atoms. The van der Waals surface area contributed by atoms with Crippen molar-refractivity contribution in [2.75, 3.05) is 0 Å². The first-order valence-corrected chi connectivity index (χ1v) is 6.63. The van der Waals surface area contributed by atoms with E-state index in [0.29, 0.717) is 0 Å². The molecule has 0 spiro atoms. The minimum Gasteiger partial charge on any atom is -0.488 e. The van der Waals surface area contributed by atoms with Crippen LogP contribution in [0.3, 0.4) is 0 Å². The molecule has 2 rings (SSSR count). The minimum absolute atomic E-state index is 0.0339. The lowest BCUT2D eigenvalue weighted by Crippen LogP contribution is -2.31. The number of benzene rings is 1. The molecule has 1 aliphatic rings. The molecular weight excluding hydrogens is 208 g/mol. The van der Waals surface area contributed by atoms with Gasteiger partial charge >= 0.3 is 0 Å². The van der Waals surface area contributed by atoms with Crippen molar-refractivity contribution in [2.24, 2.45) is 0 Å². The second-order valence-corrected chi connectivity index (χ2v) is 5.24. The van der Waals surface area contributed by atoms with Crippen LogP contribution in [-0.2, 0) is 0 Å². The average Bonchev–Trinajstić information content (AvgIpc) is 2.55. The van der Waals surface area contributed by atoms with Crippen molar-refractivity contribution in [1.29, 1.82) is 0 Å². The van der Waals surface area contributed by atoms with Crippen LogP contribution in [0.15, 0.2) is 30.8 Å². The molecule has 0 radical (unpaired) electrons. The maximum atomic E-state index is 6.19. The third-order valence-electron chi connectivity index (χ3n) is 3.64. The van der Waals surface area contributed by atoms with E-state index in [9.17, 15) is 0 Å². The molecule has 1 aromatic carbocycles. The van der Waals surface area contributed by atoms with E-state index in [4.69, 9.17) is 4.74 Å². The van der Waals surface area contributed by atoms with Crippen LogP contribution in [0.4, 0.5) is 0 Å². The highest BCUT2D eigenvalue weighted by Gasteiger charge is 2.27. The summed E-state index contributed by atoms with van der Waals surface area (Å²) in [5.41, 5.74) is 1.18. The number of hydrogen-bond donors (Lipinski definition) is 0. The molecule has 17 heavy (non-hydrogen) atoms. The molecule has 1 aliphatic carbocycles. The van der Waals surface area contributed by atoms with Gasteiger partial charge in [-0.1, -0.05) is 37.6 Å². The Balaban J connectivity index is 2.04. The van der Waals surface area contributed by atoms with Crippen molar-refractivity contribution in [3.05, 3.63) is 36.4 Å². The highest BCUT2D eigenvalue weighted by Crippen LogP contribution is 2.31. The van der Waals surface area contributed by atoms with Gasteiger partial charge in [0.2, 0.25) is 0 Å². The third kappa shape index (κ3) is 3.36. The topological polar surface area (TPSA) is 9.23 Å². The summed E-state index contributed by atoms with van der Waals surface area (Å²) in [6, 6.07) is 8.21. The van der Waals surface area contributed by atoms with E-state index in [1.807, 2.05) is 18.2 Å². The molecule has 1 fully saturated rings. The van der Waals surface area contributed by atoms with Gasteiger partial charge in [-0.05, 0) is 50.3 Å². The summed E-state index contributed by atoms with van der Waals surface area (Å²) in [6.07, 6.45) is 9.51. The first-order chi connectivity index (χ1) is 8.22. The van der Waals surface area contributed by atoms with Gasteiger partial charge in [-0.2, -0.15) is 0 Å². The van der Waals surface area contributed by atoms with E-state index >= 15 is 0 Å². The first-order valence-electron chi connectivity index (χ1n) is 6.63. The summed E-state index contributed by atoms with van der Waals surface area (Å²) in [5, 5.41) is 0. The van der Waals surface area contributed by atoms with Crippen LogP contribution in [0, 0.1) is 0 Å². The quantitative estimate of drug-likeness (QED) is 0.676. The summed E-state index contributed by atoms with van der Waals surface area (Å²) in [5.74, 6) is 0.986. The molecule has 0 unspecified atom stereocenters. The van der Waals surface area contributed by atoms with Crippen LogP contribution in [0.5, 0.6) is 5.75 Å². The number of rotatable bonds is 3. The van der Waals surface area contributed by atoms with Gasteiger partial charge in [0.25, 0.3) is 0 Å². The molecule has 0 saturated heterocycles. The van der Waals surface area contributed by atoms with E-state index in [0.717, 1.165) is 11.3 Å². The van der Waals surface area contributed by atoms with E-state index in [1.165, 1.54) is 38.5 Å². The molecule has 0 aliphatic heterocycles. The zero-order chi connectivity index (χ0) is 12.1. The van der Waals surface area contributed by atoms with Gasteiger partial charge in [-0.25, -0.2) is 0 Å². The monoisotopic (exact) mass is 230 g/mol. The maximum Gasteiger partial charge on any atom is 0.120 e. The summed E-state index contributed by atoms with van der Waals surface area (Å²) < 4.78 is 6.19. The van der Waals surface area contributed by atoms with Gasteiger partial charge in [0, 0.05) is 0 Å². The molecule has 1 nitrogen and oxygen atoms in total. The predicted octanol–water partition coefficient (Wildman–Crippen LogP) is 4.82. The fraction of sp³-hybridized carbons (Fsp3) is 0.500. The van der Waals surface area contributed by atoms with Crippen LogP contribution in [0.25, 0.3) is 6.08 Å². The van der Waals surface area contributed by atoms with Gasteiger partial charge in [0.15, 0.2) is 0 Å². The van der Waals surface area contributed by atoms with Crippen molar-refractivity contribution in [3.8, 4) is 5.75 Å². The van der Waals surface area contributed by atoms with Crippen molar-refractivity contribution in [3.63, 3.8) is 0 Å². The first kappa shape index (κ1) is 12.2. The predicted molar refractivity (Wildman–Crippen MR) is 73.3 cm³/mol. The lowest BCUT2D eigenvalue weighted by molar-refractivity contribution is 0.0722.